The highest BCUT2D eigenvalue weighted by molar-refractivity contribution is 7.89. The van der Waals surface area contributed by atoms with Crippen LogP contribution in [0.3, 0.4) is 0 Å². The second-order valence-electron chi connectivity index (χ2n) is 6.57. The minimum Gasteiger partial charge on any atom is -0.481 e. The van der Waals surface area contributed by atoms with E-state index < -0.39 is 16.0 Å². The molecule has 28 heavy (non-hydrogen) atoms. The van der Waals surface area contributed by atoms with E-state index in [1.165, 1.54) is 22.6 Å². The topological polar surface area (TPSA) is 115 Å². The highest BCUT2D eigenvalue weighted by Crippen LogP contribution is 2.22. The molecule has 8 nitrogen and oxygen atoms in total. The molecule has 1 fully saturated rings. The first-order valence-corrected chi connectivity index (χ1v) is 10.2. The van der Waals surface area contributed by atoms with Gasteiger partial charge in [0.1, 0.15) is 11.9 Å². The van der Waals surface area contributed by atoms with E-state index in [1.807, 2.05) is 11.0 Å². The Hall–Kier alpha value is -2.96. The number of rotatable bonds is 5. The van der Waals surface area contributed by atoms with Crippen molar-refractivity contribution in [2.75, 3.05) is 31.1 Å². The van der Waals surface area contributed by atoms with Crippen LogP contribution in [0.5, 0.6) is 0 Å². The molecule has 0 unspecified atom stereocenters. The van der Waals surface area contributed by atoms with Gasteiger partial charge in [0.25, 0.3) is 0 Å². The van der Waals surface area contributed by atoms with E-state index in [4.69, 9.17) is 10.4 Å². The molecule has 1 aliphatic heterocycles. The number of carbonyl (C=O) groups is 1. The molecule has 3 rings (SSSR count). The van der Waals surface area contributed by atoms with Gasteiger partial charge < -0.3 is 10.0 Å². The Morgan fingerprint density at radius 2 is 1.93 bits per heavy atom. The molecule has 1 saturated heterocycles. The Bertz CT molecular complexity index is 1020. The van der Waals surface area contributed by atoms with Crippen molar-refractivity contribution in [3.8, 4) is 6.07 Å². The Morgan fingerprint density at radius 3 is 2.50 bits per heavy atom. The lowest BCUT2D eigenvalue weighted by atomic mass is 10.1. The zero-order valence-corrected chi connectivity index (χ0v) is 16.2. The zero-order valence-electron chi connectivity index (χ0n) is 15.4. The highest BCUT2D eigenvalue weighted by Gasteiger charge is 2.29. The van der Waals surface area contributed by atoms with Gasteiger partial charge in [0.15, 0.2) is 0 Å². The number of aryl methyl sites for hydroxylation is 1. The monoisotopic (exact) mass is 400 g/mol. The molecule has 1 N–H and O–H groups in total. The van der Waals surface area contributed by atoms with Crippen LogP contribution in [0.4, 0.5) is 5.82 Å². The number of sulfonamides is 1. The van der Waals surface area contributed by atoms with Crippen LogP contribution in [0.2, 0.25) is 0 Å². The molecule has 2 aromatic rings. The molecule has 146 valence electrons. The number of aromatic nitrogens is 1. The molecule has 0 saturated carbocycles. The van der Waals surface area contributed by atoms with E-state index in [-0.39, 0.29) is 11.3 Å². The third-order valence-corrected chi connectivity index (χ3v) is 6.63. The van der Waals surface area contributed by atoms with Gasteiger partial charge in [0.2, 0.25) is 10.0 Å². The van der Waals surface area contributed by atoms with Crippen LogP contribution in [-0.4, -0.2) is 55.0 Å². The third kappa shape index (κ3) is 4.13. The molecule has 0 bridgehead atoms. The molecule has 1 aromatic carbocycles. The number of carboxylic acid groups (broad SMARTS) is 1. The van der Waals surface area contributed by atoms with Crippen LogP contribution in [0.25, 0.3) is 0 Å². The first-order valence-electron chi connectivity index (χ1n) is 8.74. The fraction of sp³-hybridized carbons (Fsp3) is 0.316. The maximum atomic E-state index is 13.0. The lowest BCUT2D eigenvalue weighted by Crippen LogP contribution is -2.48. The van der Waals surface area contributed by atoms with Crippen LogP contribution >= 0.6 is 0 Å². The number of hydrogen-bond acceptors (Lipinski definition) is 6. The number of piperazine rings is 1. The summed E-state index contributed by atoms with van der Waals surface area (Å²) >= 11 is 0. The minimum absolute atomic E-state index is 0.110. The summed E-state index contributed by atoms with van der Waals surface area (Å²) in [6, 6.07) is 10.1. The Labute approximate surface area is 163 Å². The molecule has 1 aromatic heterocycles. The maximum absolute atomic E-state index is 13.0. The normalized spacial score (nSPS) is 15.2. The van der Waals surface area contributed by atoms with Crippen LogP contribution < -0.4 is 4.90 Å². The molecule has 0 amide bonds. The number of nitriles is 1. The summed E-state index contributed by atoms with van der Waals surface area (Å²) in [5, 5.41) is 17.9. The van der Waals surface area contributed by atoms with Crippen LogP contribution in [-0.2, 0) is 21.2 Å². The molecule has 0 radical (unpaired) electrons. The first-order chi connectivity index (χ1) is 13.3. The summed E-state index contributed by atoms with van der Waals surface area (Å²) in [7, 11) is -3.70. The smallest absolute Gasteiger partial charge is 0.307 e. The number of benzene rings is 1. The van der Waals surface area contributed by atoms with Gasteiger partial charge in [-0.05, 0) is 42.3 Å². The second kappa shape index (κ2) is 7.96. The van der Waals surface area contributed by atoms with Crippen molar-refractivity contribution in [2.45, 2.75) is 18.2 Å². The molecule has 0 aliphatic carbocycles. The number of pyridine rings is 1. The van der Waals surface area contributed by atoms with Gasteiger partial charge in [-0.2, -0.15) is 9.57 Å². The Morgan fingerprint density at radius 1 is 1.21 bits per heavy atom. The lowest BCUT2D eigenvalue weighted by Gasteiger charge is -2.34. The van der Waals surface area contributed by atoms with Gasteiger partial charge in [-0.1, -0.05) is 6.07 Å². The van der Waals surface area contributed by atoms with E-state index >= 15 is 0 Å². The van der Waals surface area contributed by atoms with Crippen LogP contribution in [0, 0.1) is 18.3 Å². The van der Waals surface area contributed by atoms with E-state index in [2.05, 4.69) is 4.98 Å². The number of nitrogens with zero attached hydrogens (tertiary/aromatic N) is 4. The van der Waals surface area contributed by atoms with E-state index in [0.29, 0.717) is 43.1 Å². The molecule has 2 heterocycles. The molecule has 9 heteroatoms. The van der Waals surface area contributed by atoms with Crippen molar-refractivity contribution in [3.05, 3.63) is 53.2 Å². The van der Waals surface area contributed by atoms with Crippen molar-refractivity contribution in [3.63, 3.8) is 0 Å². The standard InChI is InChI=1S/C19H20N4O4S/c1-14-2-4-17(10-16(14)11-19(24)25)28(26,27)23-8-6-22(7-9-23)18-5-3-15(12-20)13-21-18/h2-5,10,13H,6-9,11H2,1H3,(H,24,25). The summed E-state index contributed by atoms with van der Waals surface area (Å²) in [4.78, 5) is 17.3. The fourth-order valence-corrected chi connectivity index (χ4v) is 4.58. The summed E-state index contributed by atoms with van der Waals surface area (Å²) in [5.41, 5.74) is 1.72. The first kappa shape index (κ1) is 19.8. The summed E-state index contributed by atoms with van der Waals surface area (Å²) in [6.45, 7) is 3.31. The molecular formula is C19H20N4O4S. The third-order valence-electron chi connectivity index (χ3n) is 4.74. The van der Waals surface area contributed by atoms with Gasteiger partial charge in [-0.3, -0.25) is 4.79 Å². The van der Waals surface area contributed by atoms with E-state index in [9.17, 15) is 13.2 Å². The predicted octanol–water partition coefficient (Wildman–Crippen LogP) is 1.40. The maximum Gasteiger partial charge on any atom is 0.307 e. The largest absolute Gasteiger partial charge is 0.481 e. The summed E-state index contributed by atoms with van der Waals surface area (Å²) in [6.07, 6.45) is 1.28. The van der Waals surface area contributed by atoms with Crippen molar-refractivity contribution in [1.82, 2.24) is 9.29 Å². The van der Waals surface area contributed by atoms with Gasteiger partial charge in [-0.25, -0.2) is 13.4 Å². The van der Waals surface area contributed by atoms with Crippen molar-refractivity contribution < 1.29 is 18.3 Å². The van der Waals surface area contributed by atoms with Crippen LogP contribution in [0.15, 0.2) is 41.4 Å². The van der Waals surface area contributed by atoms with Gasteiger partial charge in [-0.15, -0.1) is 0 Å². The van der Waals surface area contributed by atoms with Crippen molar-refractivity contribution in [1.29, 1.82) is 5.26 Å². The Kier molecular flexibility index (Phi) is 5.63. The summed E-state index contributed by atoms with van der Waals surface area (Å²) < 4.78 is 27.3. The number of aliphatic carboxylic acids is 1. The van der Waals surface area contributed by atoms with Gasteiger partial charge >= 0.3 is 5.97 Å². The molecule has 0 spiro atoms. The van der Waals surface area contributed by atoms with Crippen LogP contribution in [0.1, 0.15) is 16.7 Å². The molecule has 0 atom stereocenters. The minimum atomic E-state index is -3.70. The van der Waals surface area contributed by atoms with E-state index in [1.54, 1.807) is 25.1 Å². The lowest BCUT2D eigenvalue weighted by molar-refractivity contribution is -0.136. The average molecular weight is 400 g/mol. The molecular weight excluding hydrogens is 380 g/mol. The SMILES string of the molecule is Cc1ccc(S(=O)(=O)N2CCN(c3ccc(C#N)cn3)CC2)cc1CC(=O)O. The fourth-order valence-electron chi connectivity index (χ4n) is 3.11. The molecule has 1 aliphatic rings. The van der Waals surface area contributed by atoms with E-state index in [0.717, 1.165) is 5.56 Å². The second-order valence-corrected chi connectivity index (χ2v) is 8.50. The van der Waals surface area contributed by atoms with Crippen molar-refractivity contribution in [2.24, 2.45) is 0 Å². The average Bonchev–Trinajstić information content (AvgIpc) is 2.69. The highest BCUT2D eigenvalue weighted by atomic mass is 32.2. The Balaban J connectivity index is 1.74. The number of anilines is 1. The van der Waals surface area contributed by atoms with Gasteiger partial charge in [0, 0.05) is 32.4 Å². The summed E-state index contributed by atoms with van der Waals surface area (Å²) in [5.74, 6) is -0.295. The quantitative estimate of drug-likeness (QED) is 0.807. The number of hydrogen-bond donors (Lipinski definition) is 1. The zero-order chi connectivity index (χ0) is 20.3. The van der Waals surface area contributed by atoms with Gasteiger partial charge in [0.05, 0.1) is 16.9 Å². The van der Waals surface area contributed by atoms with Crippen molar-refractivity contribution >= 4 is 21.8 Å². The number of carboxylic acids is 1. The predicted molar refractivity (Wildman–Crippen MR) is 102 cm³/mol.